The minimum absolute atomic E-state index is 0. The molecule has 0 amide bonds. The molecular formula is C9H7KN2O3. The maximum atomic E-state index is 10.2. The topological polar surface area (TPSA) is 78.0 Å². The summed E-state index contributed by atoms with van der Waals surface area (Å²) < 4.78 is 5.00. The van der Waals surface area contributed by atoms with Crippen LogP contribution in [-0.2, 0) is 4.79 Å². The van der Waals surface area contributed by atoms with E-state index < -0.39 is 12.6 Å². The van der Waals surface area contributed by atoms with Crippen LogP contribution in [-0.4, -0.2) is 22.5 Å². The Kier molecular flexibility index (Phi) is 4.74. The number of hydrogen-bond acceptors (Lipinski definition) is 4. The van der Waals surface area contributed by atoms with Gasteiger partial charge in [0.1, 0.15) is 12.4 Å². The number of carboxylic acid groups (broad SMARTS) is 1. The number of H-pyrrole nitrogens is 1. The number of nitrogens with one attached hydrogen (secondary N) is 1. The SMILES string of the molecule is O=C([O-])COc1c[nH]c2cnccc12.[K+]. The molecule has 15 heavy (non-hydrogen) atoms. The summed E-state index contributed by atoms with van der Waals surface area (Å²) in [6, 6.07) is 1.75. The van der Waals surface area contributed by atoms with Crippen LogP contribution < -0.4 is 61.2 Å². The van der Waals surface area contributed by atoms with E-state index in [2.05, 4.69) is 9.97 Å². The predicted molar refractivity (Wildman–Crippen MR) is 46.6 cm³/mol. The minimum atomic E-state index is -1.24. The third-order valence-electron chi connectivity index (χ3n) is 1.79. The Morgan fingerprint density at radius 2 is 2.40 bits per heavy atom. The van der Waals surface area contributed by atoms with E-state index in [0.717, 1.165) is 10.9 Å². The number of hydrogen-bond donors (Lipinski definition) is 1. The molecule has 2 aromatic rings. The van der Waals surface area contributed by atoms with Gasteiger partial charge in [-0.2, -0.15) is 0 Å². The second-order valence-corrected chi connectivity index (χ2v) is 2.73. The Morgan fingerprint density at radius 3 is 3.13 bits per heavy atom. The molecule has 0 fully saturated rings. The molecule has 1 N–H and O–H groups in total. The molecule has 2 heterocycles. The van der Waals surface area contributed by atoms with Crippen LogP contribution in [0.2, 0.25) is 0 Å². The molecule has 0 saturated carbocycles. The maximum Gasteiger partial charge on any atom is 1.00 e. The zero-order chi connectivity index (χ0) is 9.97. The van der Waals surface area contributed by atoms with Crippen LogP contribution in [0.5, 0.6) is 5.75 Å². The fourth-order valence-electron chi connectivity index (χ4n) is 1.20. The van der Waals surface area contributed by atoms with E-state index in [1.165, 1.54) is 0 Å². The Balaban J connectivity index is 0.00000112. The molecular weight excluding hydrogens is 223 g/mol. The molecule has 0 radical (unpaired) electrons. The van der Waals surface area contributed by atoms with Crippen LogP contribution >= 0.6 is 0 Å². The van der Waals surface area contributed by atoms with Crippen molar-refractivity contribution in [1.82, 2.24) is 9.97 Å². The number of carbonyl (C=O) groups is 1. The number of carbonyl (C=O) groups excluding carboxylic acids is 1. The molecule has 0 aliphatic heterocycles. The zero-order valence-electron chi connectivity index (χ0n) is 8.19. The minimum Gasteiger partial charge on any atom is -0.546 e. The van der Waals surface area contributed by atoms with Gasteiger partial charge in [0.15, 0.2) is 0 Å². The summed E-state index contributed by atoms with van der Waals surface area (Å²) in [7, 11) is 0. The summed E-state index contributed by atoms with van der Waals surface area (Å²) >= 11 is 0. The van der Waals surface area contributed by atoms with Crippen LogP contribution in [0.4, 0.5) is 0 Å². The summed E-state index contributed by atoms with van der Waals surface area (Å²) in [5.41, 5.74) is 0.806. The number of aliphatic carboxylic acids is 1. The Morgan fingerprint density at radius 1 is 1.60 bits per heavy atom. The van der Waals surface area contributed by atoms with Gasteiger partial charge in [0, 0.05) is 17.8 Å². The average molecular weight is 230 g/mol. The van der Waals surface area contributed by atoms with Crippen LogP contribution in [0.25, 0.3) is 10.9 Å². The summed E-state index contributed by atoms with van der Waals surface area (Å²) in [4.78, 5) is 17.0. The van der Waals surface area contributed by atoms with Crippen LogP contribution in [0.3, 0.4) is 0 Å². The van der Waals surface area contributed by atoms with Gasteiger partial charge >= 0.3 is 51.4 Å². The molecule has 0 bridgehead atoms. The number of nitrogens with zero attached hydrogens (tertiary/aromatic N) is 1. The smallest absolute Gasteiger partial charge is 0.546 e. The summed E-state index contributed by atoms with van der Waals surface area (Å²) in [5.74, 6) is -0.750. The van der Waals surface area contributed by atoms with E-state index in [4.69, 9.17) is 4.74 Å². The average Bonchev–Trinajstić information content (AvgIpc) is 2.58. The number of pyridine rings is 1. The molecule has 0 aromatic carbocycles. The summed E-state index contributed by atoms with van der Waals surface area (Å²) in [6.07, 6.45) is 4.85. The van der Waals surface area contributed by atoms with Crippen LogP contribution in [0.1, 0.15) is 0 Å². The van der Waals surface area contributed by atoms with E-state index >= 15 is 0 Å². The normalized spacial score (nSPS) is 9.60. The van der Waals surface area contributed by atoms with Gasteiger partial charge in [0.2, 0.25) is 0 Å². The van der Waals surface area contributed by atoms with E-state index in [9.17, 15) is 9.90 Å². The molecule has 0 unspecified atom stereocenters. The van der Waals surface area contributed by atoms with Gasteiger partial charge in [0.05, 0.1) is 17.7 Å². The van der Waals surface area contributed by atoms with Gasteiger partial charge in [-0.05, 0) is 6.07 Å². The number of aromatic nitrogens is 2. The Labute approximate surface area is 128 Å². The van der Waals surface area contributed by atoms with Crippen molar-refractivity contribution in [3.8, 4) is 5.75 Å². The van der Waals surface area contributed by atoms with Gasteiger partial charge in [-0.25, -0.2) is 0 Å². The molecule has 2 aromatic heterocycles. The number of rotatable bonds is 3. The molecule has 0 aliphatic rings. The third-order valence-corrected chi connectivity index (χ3v) is 1.79. The summed E-state index contributed by atoms with van der Waals surface area (Å²) in [6.45, 7) is -0.449. The van der Waals surface area contributed by atoms with Crippen molar-refractivity contribution in [2.45, 2.75) is 0 Å². The Bertz CT molecular complexity index is 469. The van der Waals surface area contributed by atoms with Crippen molar-refractivity contribution >= 4 is 16.9 Å². The summed E-state index contributed by atoms with van der Waals surface area (Å²) in [5, 5.41) is 11.0. The van der Waals surface area contributed by atoms with Crippen molar-refractivity contribution in [1.29, 1.82) is 0 Å². The van der Waals surface area contributed by atoms with Crippen molar-refractivity contribution in [3.05, 3.63) is 24.7 Å². The van der Waals surface area contributed by atoms with Crippen molar-refractivity contribution in [3.63, 3.8) is 0 Å². The molecule has 0 saturated heterocycles. The number of ether oxygens (including phenoxy) is 1. The van der Waals surface area contributed by atoms with Gasteiger partial charge in [-0.3, -0.25) is 4.98 Å². The molecule has 6 heteroatoms. The van der Waals surface area contributed by atoms with E-state index in [0.29, 0.717) is 5.75 Å². The molecule has 72 valence electrons. The quantitative estimate of drug-likeness (QED) is 0.560. The first-order chi connectivity index (χ1) is 6.77. The molecule has 5 nitrogen and oxygen atoms in total. The monoisotopic (exact) mass is 230 g/mol. The predicted octanol–water partition coefficient (Wildman–Crippen LogP) is -3.30. The molecule has 0 atom stereocenters. The first kappa shape index (κ1) is 12.7. The third kappa shape index (κ3) is 3.02. The molecule has 2 rings (SSSR count). The van der Waals surface area contributed by atoms with E-state index in [-0.39, 0.29) is 51.4 Å². The first-order valence-electron chi connectivity index (χ1n) is 4.01. The van der Waals surface area contributed by atoms with Gasteiger partial charge in [-0.15, -0.1) is 0 Å². The van der Waals surface area contributed by atoms with Gasteiger partial charge < -0.3 is 19.6 Å². The fourth-order valence-corrected chi connectivity index (χ4v) is 1.20. The van der Waals surface area contributed by atoms with Crippen molar-refractivity contribution < 1.29 is 66.0 Å². The van der Waals surface area contributed by atoms with Gasteiger partial charge in [-0.1, -0.05) is 0 Å². The molecule has 0 aliphatic carbocycles. The largest absolute Gasteiger partial charge is 1.00 e. The number of fused-ring (bicyclic) bond motifs is 1. The second-order valence-electron chi connectivity index (χ2n) is 2.73. The fraction of sp³-hybridized carbons (Fsp3) is 0.111. The molecule has 0 spiro atoms. The second kappa shape index (κ2) is 5.62. The van der Waals surface area contributed by atoms with Gasteiger partial charge in [0.25, 0.3) is 0 Å². The van der Waals surface area contributed by atoms with Crippen molar-refractivity contribution in [2.24, 2.45) is 0 Å². The van der Waals surface area contributed by atoms with E-state index in [1.54, 1.807) is 24.7 Å². The van der Waals surface area contributed by atoms with Crippen molar-refractivity contribution in [2.75, 3.05) is 6.61 Å². The first-order valence-corrected chi connectivity index (χ1v) is 4.01. The van der Waals surface area contributed by atoms with E-state index in [1.807, 2.05) is 0 Å². The Hall–Kier alpha value is -0.404. The number of carboxylic acids is 1. The van der Waals surface area contributed by atoms with Crippen LogP contribution in [0, 0.1) is 0 Å². The number of aromatic amines is 1. The zero-order valence-corrected chi connectivity index (χ0v) is 11.3. The van der Waals surface area contributed by atoms with Crippen LogP contribution in [0.15, 0.2) is 24.7 Å². The standard InChI is InChI=1S/C9H8N2O3.K/c12-9(13)5-14-8-4-11-7-3-10-2-1-6(7)8;/h1-4,11H,5H2,(H,12,13);/q;+1/p-1. The maximum absolute atomic E-state index is 10.2.